The highest BCUT2D eigenvalue weighted by molar-refractivity contribution is 5.73. The van der Waals surface area contributed by atoms with Gasteiger partial charge >= 0.3 is 6.03 Å². The van der Waals surface area contributed by atoms with Crippen molar-refractivity contribution in [3.63, 3.8) is 0 Å². The van der Waals surface area contributed by atoms with Crippen LogP contribution in [0.3, 0.4) is 0 Å². The minimum absolute atomic E-state index is 0.390. The molecule has 112 valence electrons. The second-order valence-corrected chi connectivity index (χ2v) is 5.47. The molecule has 0 saturated carbocycles. The lowest BCUT2D eigenvalue weighted by atomic mass is 9.86. The Morgan fingerprint density at radius 3 is 2.76 bits per heavy atom. The molecule has 2 unspecified atom stereocenters. The molecule has 2 amide bonds. The van der Waals surface area contributed by atoms with E-state index in [1.165, 1.54) is 7.05 Å². The Kier molecular flexibility index (Phi) is 3.77. The highest BCUT2D eigenvalue weighted by Gasteiger charge is 2.43. The number of benzene rings is 1. The van der Waals surface area contributed by atoms with Gasteiger partial charge in [0.15, 0.2) is 0 Å². The van der Waals surface area contributed by atoms with Crippen LogP contribution in [0.15, 0.2) is 18.2 Å². The van der Waals surface area contributed by atoms with Crippen LogP contribution >= 0.6 is 0 Å². The number of hydrogen-bond donors (Lipinski definition) is 3. The number of hydrogen-bond acceptors (Lipinski definition) is 5. The summed E-state index contributed by atoms with van der Waals surface area (Å²) in [6.45, 7) is 3.39. The van der Waals surface area contributed by atoms with E-state index in [2.05, 4.69) is 5.32 Å². The maximum Gasteiger partial charge on any atom is 0.341 e. The van der Waals surface area contributed by atoms with Crippen molar-refractivity contribution in [3.05, 3.63) is 29.3 Å². The standard InChI is InChI=1S/C14H17N3O4/c1-14(2)12(18)11(16-13(19)17(3)20)9-6-8(7-15)4-5-10(9)21-14/h4-6,11-12,18,20H,1-3H3,(H,16,19). The van der Waals surface area contributed by atoms with Crippen molar-refractivity contribution < 1.29 is 19.8 Å². The number of urea groups is 1. The van der Waals surface area contributed by atoms with Crippen molar-refractivity contribution in [2.24, 2.45) is 0 Å². The molecule has 3 N–H and O–H groups in total. The predicted molar refractivity (Wildman–Crippen MR) is 72.7 cm³/mol. The Bertz CT molecular complexity index is 607. The molecule has 0 spiro atoms. The molecule has 1 aromatic carbocycles. The number of aliphatic hydroxyl groups excluding tert-OH is 1. The molecular formula is C14H17N3O4. The van der Waals surface area contributed by atoms with Gasteiger partial charge in [-0.25, -0.2) is 9.86 Å². The first kappa shape index (κ1) is 15.1. The maximum atomic E-state index is 11.7. The third kappa shape index (κ3) is 2.77. The minimum Gasteiger partial charge on any atom is -0.485 e. The molecule has 0 fully saturated rings. The zero-order valence-corrected chi connectivity index (χ0v) is 12.0. The summed E-state index contributed by atoms with van der Waals surface area (Å²) < 4.78 is 5.72. The predicted octanol–water partition coefficient (Wildman–Crippen LogP) is 1.16. The van der Waals surface area contributed by atoms with Crippen molar-refractivity contribution in [1.82, 2.24) is 10.4 Å². The topological polar surface area (TPSA) is 106 Å². The number of ether oxygens (including phenoxy) is 1. The summed E-state index contributed by atoms with van der Waals surface area (Å²) in [5.41, 5.74) is -0.0374. The van der Waals surface area contributed by atoms with Crippen LogP contribution in [0.1, 0.15) is 31.0 Å². The molecule has 0 aliphatic carbocycles. The fraction of sp³-hybridized carbons (Fsp3) is 0.429. The quantitative estimate of drug-likeness (QED) is 0.532. The number of fused-ring (bicyclic) bond motifs is 1. The highest BCUT2D eigenvalue weighted by Crippen LogP contribution is 2.40. The Labute approximate surface area is 122 Å². The van der Waals surface area contributed by atoms with Crippen molar-refractivity contribution >= 4 is 6.03 Å². The summed E-state index contributed by atoms with van der Waals surface area (Å²) in [6, 6.07) is 5.23. The van der Waals surface area contributed by atoms with Crippen molar-refractivity contribution in [2.75, 3.05) is 7.05 Å². The van der Waals surface area contributed by atoms with Gasteiger partial charge in [-0.3, -0.25) is 5.21 Å². The number of nitrogens with one attached hydrogen (secondary N) is 1. The lowest BCUT2D eigenvalue weighted by molar-refractivity contribution is -0.0682. The monoisotopic (exact) mass is 291 g/mol. The van der Waals surface area contributed by atoms with E-state index in [9.17, 15) is 15.1 Å². The van der Waals surface area contributed by atoms with E-state index in [-0.39, 0.29) is 0 Å². The lowest BCUT2D eigenvalue weighted by Crippen LogP contribution is -2.54. The first-order valence-electron chi connectivity index (χ1n) is 6.40. The van der Waals surface area contributed by atoms with Crippen molar-refractivity contribution in [2.45, 2.75) is 31.6 Å². The fourth-order valence-electron chi connectivity index (χ4n) is 2.25. The van der Waals surface area contributed by atoms with Gasteiger partial charge in [-0.2, -0.15) is 5.26 Å². The van der Waals surface area contributed by atoms with Gasteiger partial charge in [-0.15, -0.1) is 0 Å². The van der Waals surface area contributed by atoms with E-state index >= 15 is 0 Å². The average molecular weight is 291 g/mol. The van der Waals surface area contributed by atoms with E-state index < -0.39 is 23.8 Å². The van der Waals surface area contributed by atoms with Gasteiger partial charge in [0.05, 0.1) is 17.7 Å². The van der Waals surface area contributed by atoms with Crippen LogP contribution in [0.5, 0.6) is 5.75 Å². The summed E-state index contributed by atoms with van der Waals surface area (Å²) in [5.74, 6) is 0.482. The van der Waals surface area contributed by atoms with E-state index in [1.807, 2.05) is 6.07 Å². The fourth-order valence-corrected chi connectivity index (χ4v) is 2.25. The van der Waals surface area contributed by atoms with Gasteiger partial charge in [0.1, 0.15) is 17.5 Å². The molecule has 0 aromatic heterocycles. The van der Waals surface area contributed by atoms with Crippen LogP contribution in [-0.2, 0) is 0 Å². The van der Waals surface area contributed by atoms with Crippen LogP contribution in [0.25, 0.3) is 0 Å². The lowest BCUT2D eigenvalue weighted by Gasteiger charge is -2.42. The molecule has 21 heavy (non-hydrogen) atoms. The van der Waals surface area contributed by atoms with Gasteiger partial charge in [-0.1, -0.05) is 0 Å². The number of amides is 2. The smallest absolute Gasteiger partial charge is 0.341 e. The van der Waals surface area contributed by atoms with Crippen molar-refractivity contribution in [3.8, 4) is 11.8 Å². The number of carbonyl (C=O) groups excluding carboxylic acids is 1. The second-order valence-electron chi connectivity index (χ2n) is 5.47. The number of hydroxylamine groups is 2. The Morgan fingerprint density at radius 2 is 2.19 bits per heavy atom. The molecular weight excluding hydrogens is 274 g/mol. The van der Waals surface area contributed by atoms with Gasteiger partial charge < -0.3 is 15.2 Å². The second kappa shape index (κ2) is 5.24. The highest BCUT2D eigenvalue weighted by atomic mass is 16.5. The molecule has 7 nitrogen and oxygen atoms in total. The number of nitrogens with zero attached hydrogens (tertiary/aromatic N) is 2. The average Bonchev–Trinajstić information content (AvgIpc) is 2.42. The SMILES string of the molecule is CN(O)C(=O)NC1c2cc(C#N)ccc2OC(C)(C)C1O. The first-order valence-corrected chi connectivity index (χ1v) is 6.40. The molecule has 0 saturated heterocycles. The Morgan fingerprint density at radius 1 is 1.52 bits per heavy atom. The normalized spacial score (nSPS) is 22.5. The van der Waals surface area contributed by atoms with Gasteiger partial charge in [0.25, 0.3) is 0 Å². The zero-order chi connectivity index (χ0) is 15.8. The van der Waals surface area contributed by atoms with E-state index in [4.69, 9.17) is 10.00 Å². The molecule has 1 heterocycles. The molecule has 2 rings (SSSR count). The van der Waals surface area contributed by atoms with E-state index in [0.29, 0.717) is 21.9 Å². The number of rotatable bonds is 1. The van der Waals surface area contributed by atoms with Crippen LogP contribution in [0.2, 0.25) is 0 Å². The van der Waals surface area contributed by atoms with Crippen LogP contribution < -0.4 is 10.1 Å². The molecule has 1 aromatic rings. The third-order valence-corrected chi connectivity index (χ3v) is 3.45. The third-order valence-electron chi connectivity index (χ3n) is 3.45. The minimum atomic E-state index is -1.04. The molecule has 0 bridgehead atoms. The first-order chi connectivity index (χ1) is 9.76. The van der Waals surface area contributed by atoms with Crippen molar-refractivity contribution in [1.29, 1.82) is 5.26 Å². The summed E-state index contributed by atoms with van der Waals surface area (Å²) in [7, 11) is 1.18. The van der Waals surface area contributed by atoms with Gasteiger partial charge in [-0.05, 0) is 32.0 Å². The number of nitriles is 1. The van der Waals surface area contributed by atoms with Crippen LogP contribution in [0.4, 0.5) is 4.79 Å². The molecule has 1 aliphatic rings. The van der Waals surface area contributed by atoms with E-state index in [1.54, 1.807) is 32.0 Å². The number of carbonyl (C=O) groups is 1. The largest absolute Gasteiger partial charge is 0.485 e. The summed E-state index contributed by atoms with van der Waals surface area (Å²) in [6.07, 6.45) is -1.04. The molecule has 7 heteroatoms. The molecule has 2 atom stereocenters. The Hall–Kier alpha value is -2.30. The summed E-state index contributed by atoms with van der Waals surface area (Å²) >= 11 is 0. The number of aliphatic hydroxyl groups is 1. The van der Waals surface area contributed by atoms with Gasteiger partial charge in [0.2, 0.25) is 0 Å². The maximum absolute atomic E-state index is 11.7. The Balaban J connectivity index is 2.46. The zero-order valence-electron chi connectivity index (χ0n) is 12.0. The molecule has 1 aliphatic heterocycles. The molecule has 0 radical (unpaired) electrons. The van der Waals surface area contributed by atoms with Gasteiger partial charge in [0, 0.05) is 12.6 Å². The van der Waals surface area contributed by atoms with E-state index in [0.717, 1.165) is 0 Å². The van der Waals surface area contributed by atoms with Crippen LogP contribution in [0, 0.1) is 11.3 Å². The van der Waals surface area contributed by atoms with Crippen LogP contribution in [-0.4, -0.2) is 40.2 Å². The summed E-state index contributed by atoms with van der Waals surface area (Å²) in [4.78, 5) is 11.7. The summed E-state index contributed by atoms with van der Waals surface area (Å²) in [5, 5.41) is 31.5.